The lowest BCUT2D eigenvalue weighted by Gasteiger charge is -2.37. The van der Waals surface area contributed by atoms with Crippen LogP contribution in [0.2, 0.25) is 0 Å². The van der Waals surface area contributed by atoms with Gasteiger partial charge in [0.05, 0.1) is 0 Å². The van der Waals surface area contributed by atoms with E-state index in [4.69, 9.17) is 0 Å². The maximum absolute atomic E-state index is 12.0. The molecule has 0 bridgehead atoms. The smallest absolute Gasteiger partial charge is 0.226 e. The normalized spacial score (nSPS) is 31.0. The minimum atomic E-state index is 0.356. The van der Waals surface area contributed by atoms with E-state index in [-0.39, 0.29) is 0 Å². The van der Waals surface area contributed by atoms with Crippen LogP contribution in [0.1, 0.15) is 32.6 Å². The molecule has 14 heavy (non-hydrogen) atoms. The second-order valence-electron chi connectivity index (χ2n) is 4.62. The molecule has 0 radical (unpaired) electrons. The molecule has 2 atom stereocenters. The van der Waals surface area contributed by atoms with Crippen LogP contribution in [0, 0.1) is 11.8 Å². The fraction of sp³-hybridized carbons (Fsp3) is 0.909. The Morgan fingerprint density at radius 3 is 2.50 bits per heavy atom. The fourth-order valence-electron chi connectivity index (χ4n) is 2.14. The van der Waals surface area contributed by atoms with Crippen LogP contribution in [-0.2, 0) is 4.79 Å². The molecule has 1 amide bonds. The highest BCUT2D eigenvalue weighted by Crippen LogP contribution is 2.40. The largest absolute Gasteiger partial charge is 0.339 e. The van der Waals surface area contributed by atoms with E-state index in [0.717, 1.165) is 18.3 Å². The Hall–Kier alpha value is -0.0500. The van der Waals surface area contributed by atoms with E-state index in [1.807, 2.05) is 0 Å². The van der Waals surface area contributed by atoms with E-state index in [1.165, 1.54) is 19.3 Å². The van der Waals surface area contributed by atoms with Crippen molar-refractivity contribution in [2.45, 2.75) is 38.6 Å². The zero-order valence-corrected chi connectivity index (χ0v) is 10.3. The highest BCUT2D eigenvalue weighted by atomic mass is 79.9. The molecule has 0 aromatic carbocycles. The summed E-state index contributed by atoms with van der Waals surface area (Å²) in [7, 11) is 0. The molecule has 2 saturated carbocycles. The molecule has 0 heterocycles. The summed E-state index contributed by atoms with van der Waals surface area (Å²) in [6, 6.07) is 0.563. The van der Waals surface area contributed by atoms with Crippen LogP contribution in [0.4, 0.5) is 0 Å². The molecule has 2 unspecified atom stereocenters. The highest BCUT2D eigenvalue weighted by molar-refractivity contribution is 9.09. The standard InChI is InChI=1S/C11H18BrNO/c1-8-7-10(8)11(14)13(6-5-12)9-3-2-4-9/h8-10H,2-7H2,1H3. The molecule has 2 rings (SSSR count). The number of amides is 1. The predicted octanol–water partition coefficient (Wildman–Crippen LogP) is 2.42. The maximum atomic E-state index is 12.0. The van der Waals surface area contributed by atoms with Crippen LogP contribution in [0.25, 0.3) is 0 Å². The van der Waals surface area contributed by atoms with Crippen LogP contribution in [-0.4, -0.2) is 28.7 Å². The molecule has 2 nitrogen and oxygen atoms in total. The van der Waals surface area contributed by atoms with Crippen molar-refractivity contribution in [1.82, 2.24) is 4.90 Å². The summed E-state index contributed by atoms with van der Waals surface area (Å²) in [6.45, 7) is 3.07. The number of carbonyl (C=O) groups excluding carboxylic acids is 1. The topological polar surface area (TPSA) is 20.3 Å². The molecule has 2 aliphatic carbocycles. The molecule has 0 spiro atoms. The van der Waals surface area contributed by atoms with Crippen molar-refractivity contribution >= 4 is 21.8 Å². The number of hydrogen-bond acceptors (Lipinski definition) is 1. The summed E-state index contributed by atoms with van der Waals surface area (Å²) < 4.78 is 0. The molecule has 0 aromatic rings. The first-order chi connectivity index (χ1) is 6.74. The van der Waals surface area contributed by atoms with Gasteiger partial charge in [-0.15, -0.1) is 0 Å². The Bertz CT molecular complexity index is 227. The Morgan fingerprint density at radius 2 is 2.14 bits per heavy atom. The predicted molar refractivity (Wildman–Crippen MR) is 60.4 cm³/mol. The zero-order chi connectivity index (χ0) is 10.1. The van der Waals surface area contributed by atoms with Gasteiger partial charge in [0, 0.05) is 23.8 Å². The van der Waals surface area contributed by atoms with Crippen molar-refractivity contribution in [3.8, 4) is 0 Å². The number of carbonyl (C=O) groups is 1. The maximum Gasteiger partial charge on any atom is 0.226 e. The average molecular weight is 260 g/mol. The van der Waals surface area contributed by atoms with Crippen molar-refractivity contribution in [3.63, 3.8) is 0 Å². The molecular formula is C11H18BrNO. The number of nitrogens with zero attached hydrogens (tertiary/aromatic N) is 1. The lowest BCUT2D eigenvalue weighted by Crippen LogP contribution is -2.46. The second-order valence-corrected chi connectivity index (χ2v) is 5.42. The fourth-order valence-corrected chi connectivity index (χ4v) is 2.52. The van der Waals surface area contributed by atoms with Gasteiger partial charge < -0.3 is 4.90 Å². The van der Waals surface area contributed by atoms with Crippen LogP contribution >= 0.6 is 15.9 Å². The molecule has 2 fully saturated rings. The van der Waals surface area contributed by atoms with Crippen LogP contribution in [0.5, 0.6) is 0 Å². The van der Waals surface area contributed by atoms with Crippen molar-refractivity contribution in [1.29, 1.82) is 0 Å². The van der Waals surface area contributed by atoms with E-state index in [1.54, 1.807) is 0 Å². The Morgan fingerprint density at radius 1 is 1.50 bits per heavy atom. The average Bonchev–Trinajstić information content (AvgIpc) is 2.77. The minimum absolute atomic E-state index is 0.356. The Kier molecular flexibility index (Phi) is 3.15. The third-order valence-electron chi connectivity index (χ3n) is 3.55. The second kappa shape index (κ2) is 4.21. The van der Waals surface area contributed by atoms with E-state index < -0.39 is 0 Å². The SMILES string of the molecule is CC1CC1C(=O)N(CCBr)C1CCC1. The van der Waals surface area contributed by atoms with E-state index in [9.17, 15) is 4.79 Å². The number of alkyl halides is 1. The molecule has 0 aromatic heterocycles. The molecule has 0 aliphatic heterocycles. The summed E-state index contributed by atoms with van der Waals surface area (Å²) in [5, 5.41) is 0.913. The van der Waals surface area contributed by atoms with Gasteiger partial charge in [0.15, 0.2) is 0 Å². The molecule has 3 heteroatoms. The Balaban J connectivity index is 1.91. The molecule has 2 aliphatic rings. The van der Waals surface area contributed by atoms with E-state index in [2.05, 4.69) is 27.8 Å². The molecule has 80 valence electrons. The van der Waals surface area contributed by atoms with Gasteiger partial charge in [0.2, 0.25) is 5.91 Å². The quantitative estimate of drug-likeness (QED) is 0.711. The van der Waals surface area contributed by atoms with Gasteiger partial charge >= 0.3 is 0 Å². The van der Waals surface area contributed by atoms with Crippen LogP contribution in [0.3, 0.4) is 0 Å². The third kappa shape index (κ3) is 1.97. The van der Waals surface area contributed by atoms with Gasteiger partial charge in [-0.25, -0.2) is 0 Å². The Labute approximate surface area is 94.2 Å². The summed E-state index contributed by atoms with van der Waals surface area (Å²) in [4.78, 5) is 14.2. The lowest BCUT2D eigenvalue weighted by atomic mass is 9.91. The summed E-state index contributed by atoms with van der Waals surface area (Å²) in [5.74, 6) is 1.41. The van der Waals surface area contributed by atoms with Crippen molar-refractivity contribution in [2.75, 3.05) is 11.9 Å². The van der Waals surface area contributed by atoms with Gasteiger partial charge in [-0.3, -0.25) is 4.79 Å². The van der Waals surface area contributed by atoms with Crippen molar-refractivity contribution in [2.24, 2.45) is 11.8 Å². The van der Waals surface area contributed by atoms with Gasteiger partial charge in [0.1, 0.15) is 0 Å². The highest BCUT2D eigenvalue weighted by Gasteiger charge is 2.43. The number of hydrogen-bond donors (Lipinski definition) is 0. The molecule has 0 N–H and O–H groups in total. The molecular weight excluding hydrogens is 242 g/mol. The van der Waals surface area contributed by atoms with E-state index in [0.29, 0.717) is 23.8 Å². The molecule has 0 saturated heterocycles. The van der Waals surface area contributed by atoms with Crippen LogP contribution in [0.15, 0.2) is 0 Å². The van der Waals surface area contributed by atoms with Crippen molar-refractivity contribution < 1.29 is 4.79 Å². The number of halogens is 1. The van der Waals surface area contributed by atoms with Gasteiger partial charge in [-0.05, 0) is 31.6 Å². The van der Waals surface area contributed by atoms with Gasteiger partial charge in [0.25, 0.3) is 0 Å². The van der Waals surface area contributed by atoms with E-state index >= 15 is 0 Å². The number of rotatable bonds is 4. The van der Waals surface area contributed by atoms with Crippen molar-refractivity contribution in [3.05, 3.63) is 0 Å². The minimum Gasteiger partial charge on any atom is -0.339 e. The monoisotopic (exact) mass is 259 g/mol. The lowest BCUT2D eigenvalue weighted by molar-refractivity contribution is -0.136. The van der Waals surface area contributed by atoms with Gasteiger partial charge in [-0.1, -0.05) is 22.9 Å². The first-order valence-electron chi connectivity index (χ1n) is 5.60. The third-order valence-corrected chi connectivity index (χ3v) is 3.91. The van der Waals surface area contributed by atoms with Crippen LogP contribution < -0.4 is 0 Å². The van der Waals surface area contributed by atoms with Gasteiger partial charge in [-0.2, -0.15) is 0 Å². The zero-order valence-electron chi connectivity index (χ0n) is 8.71. The summed E-state index contributed by atoms with van der Waals surface area (Å²) in [6.07, 6.45) is 4.86. The first-order valence-corrected chi connectivity index (χ1v) is 6.72. The first kappa shape index (κ1) is 10.5. The summed E-state index contributed by atoms with van der Waals surface area (Å²) >= 11 is 3.43. The summed E-state index contributed by atoms with van der Waals surface area (Å²) in [5.41, 5.74) is 0.